The van der Waals surface area contributed by atoms with E-state index in [4.69, 9.17) is 16.9 Å². The number of halogens is 4. The molecule has 0 radical (unpaired) electrons. The molecule has 0 bridgehead atoms. The number of nitrogens with zero attached hydrogens (tertiary/aromatic N) is 5. The Hall–Kier alpha value is -3.15. The van der Waals surface area contributed by atoms with Gasteiger partial charge in [0, 0.05) is 18.5 Å². The Morgan fingerprint density at radius 2 is 1.84 bits per heavy atom. The van der Waals surface area contributed by atoms with Gasteiger partial charge in [0.2, 0.25) is 0 Å². The van der Waals surface area contributed by atoms with Gasteiger partial charge in [-0.05, 0) is 42.4 Å². The van der Waals surface area contributed by atoms with Gasteiger partial charge in [-0.3, -0.25) is 4.90 Å². The number of benzene rings is 2. The third-order valence-corrected chi connectivity index (χ3v) is 5.23. The van der Waals surface area contributed by atoms with Crippen LogP contribution < -0.4 is 0 Å². The Morgan fingerprint density at radius 1 is 1.10 bits per heavy atom. The van der Waals surface area contributed by atoms with E-state index < -0.39 is 12.7 Å². The molecule has 158 valence electrons. The van der Waals surface area contributed by atoms with Crippen LogP contribution in [-0.4, -0.2) is 32.7 Å². The monoisotopic (exact) mass is 443 g/mol. The van der Waals surface area contributed by atoms with Crippen molar-refractivity contribution < 1.29 is 13.2 Å². The van der Waals surface area contributed by atoms with Gasteiger partial charge in [-0.1, -0.05) is 29.8 Å². The van der Waals surface area contributed by atoms with Gasteiger partial charge in [0.1, 0.15) is 23.9 Å². The molecule has 4 aromatic rings. The molecule has 0 unspecified atom stereocenters. The van der Waals surface area contributed by atoms with E-state index in [0.717, 1.165) is 15.7 Å². The van der Waals surface area contributed by atoms with E-state index in [-0.39, 0.29) is 10.7 Å². The second-order valence-electron chi connectivity index (χ2n) is 7.40. The molecule has 0 N–H and O–H groups in total. The lowest BCUT2D eigenvalue weighted by Gasteiger charge is -2.17. The zero-order valence-corrected chi connectivity index (χ0v) is 17.2. The van der Waals surface area contributed by atoms with Crippen molar-refractivity contribution >= 4 is 33.5 Å². The van der Waals surface area contributed by atoms with Crippen molar-refractivity contribution in [3.63, 3.8) is 0 Å². The minimum Gasteiger partial charge on any atom is -0.327 e. The van der Waals surface area contributed by atoms with Crippen LogP contribution in [0.5, 0.6) is 0 Å². The first kappa shape index (κ1) is 21.1. The zero-order chi connectivity index (χ0) is 22.2. The lowest BCUT2D eigenvalue weighted by Crippen LogP contribution is -2.18. The molecule has 5 nitrogen and oxygen atoms in total. The van der Waals surface area contributed by atoms with Crippen molar-refractivity contribution in [1.82, 2.24) is 19.4 Å². The fourth-order valence-corrected chi connectivity index (χ4v) is 4.02. The fraction of sp³-hybridized carbons (Fsp3) is 0.227. The van der Waals surface area contributed by atoms with Crippen LogP contribution in [0.3, 0.4) is 0 Å². The van der Waals surface area contributed by atoms with Gasteiger partial charge in [0.05, 0.1) is 17.1 Å². The van der Waals surface area contributed by atoms with Gasteiger partial charge in [-0.15, -0.1) is 0 Å². The highest BCUT2D eigenvalue weighted by Gasteiger charge is 2.30. The Labute approximate surface area is 181 Å². The summed E-state index contributed by atoms with van der Waals surface area (Å²) < 4.78 is 40.7. The Kier molecular flexibility index (Phi) is 5.56. The maximum atomic E-state index is 13.2. The third kappa shape index (κ3) is 4.48. The molecule has 2 heterocycles. The molecule has 2 aromatic heterocycles. The second-order valence-corrected chi connectivity index (χ2v) is 7.76. The molecule has 0 fully saturated rings. The summed E-state index contributed by atoms with van der Waals surface area (Å²) in [5.41, 5.74) is 3.50. The summed E-state index contributed by atoms with van der Waals surface area (Å²) in [7, 11) is 1.94. The first-order valence-corrected chi connectivity index (χ1v) is 9.78. The summed E-state index contributed by atoms with van der Waals surface area (Å²) in [5, 5.41) is 9.64. The number of aromatic nitrogens is 3. The minimum atomic E-state index is -4.41. The predicted octanol–water partition coefficient (Wildman–Crippen LogP) is 5.30. The molecule has 0 spiro atoms. The first-order chi connectivity index (χ1) is 14.7. The SMILES string of the molecule is CN(Cc1cccc(C#N)c1)Cc1ccc2c(c1)c1ncnc(Cl)c1n2CC(F)(F)F. The maximum Gasteiger partial charge on any atom is 0.406 e. The highest BCUT2D eigenvalue weighted by atomic mass is 35.5. The lowest BCUT2D eigenvalue weighted by molar-refractivity contribution is -0.139. The first-order valence-electron chi connectivity index (χ1n) is 9.41. The lowest BCUT2D eigenvalue weighted by atomic mass is 10.1. The molecule has 0 saturated carbocycles. The average molecular weight is 444 g/mol. The summed E-state index contributed by atoms with van der Waals surface area (Å²) >= 11 is 6.13. The van der Waals surface area contributed by atoms with Gasteiger partial charge in [0.25, 0.3) is 0 Å². The maximum absolute atomic E-state index is 13.2. The van der Waals surface area contributed by atoms with Crippen LogP contribution in [0.15, 0.2) is 48.8 Å². The average Bonchev–Trinajstić information content (AvgIpc) is 3.01. The number of rotatable bonds is 5. The molecule has 0 saturated heterocycles. The van der Waals surface area contributed by atoms with Gasteiger partial charge in [-0.25, -0.2) is 9.97 Å². The summed E-state index contributed by atoms with van der Waals surface area (Å²) in [6, 6.07) is 14.8. The second kappa shape index (κ2) is 8.17. The molecule has 0 amide bonds. The number of fused-ring (bicyclic) bond motifs is 3. The van der Waals surface area contributed by atoms with E-state index in [1.807, 2.05) is 31.3 Å². The molecule has 31 heavy (non-hydrogen) atoms. The van der Waals surface area contributed by atoms with Crippen LogP contribution in [0.2, 0.25) is 5.15 Å². The van der Waals surface area contributed by atoms with E-state index in [9.17, 15) is 13.2 Å². The Morgan fingerprint density at radius 3 is 2.55 bits per heavy atom. The summed E-state index contributed by atoms with van der Waals surface area (Å²) in [6.45, 7) is 0.0173. The van der Waals surface area contributed by atoms with E-state index >= 15 is 0 Å². The number of hydrogen-bond acceptors (Lipinski definition) is 4. The van der Waals surface area contributed by atoms with Gasteiger partial charge in [0.15, 0.2) is 5.15 Å². The van der Waals surface area contributed by atoms with Crippen LogP contribution >= 0.6 is 11.6 Å². The third-order valence-electron chi connectivity index (χ3n) is 4.95. The van der Waals surface area contributed by atoms with Crippen LogP contribution in [-0.2, 0) is 19.6 Å². The quantitative estimate of drug-likeness (QED) is 0.392. The zero-order valence-electron chi connectivity index (χ0n) is 16.5. The van der Waals surface area contributed by atoms with Crippen LogP contribution in [0.4, 0.5) is 13.2 Å². The van der Waals surface area contributed by atoms with Crippen LogP contribution in [0.1, 0.15) is 16.7 Å². The number of nitriles is 1. The topological polar surface area (TPSA) is 57.7 Å². The molecule has 0 aliphatic rings. The molecule has 0 aliphatic carbocycles. The van der Waals surface area contributed by atoms with Gasteiger partial charge < -0.3 is 4.57 Å². The highest BCUT2D eigenvalue weighted by molar-refractivity contribution is 6.34. The number of hydrogen-bond donors (Lipinski definition) is 0. The Balaban J connectivity index is 1.68. The van der Waals surface area contributed by atoms with Gasteiger partial charge in [-0.2, -0.15) is 18.4 Å². The summed E-state index contributed by atoms with van der Waals surface area (Å²) in [5.74, 6) is 0. The molecular weight excluding hydrogens is 427 g/mol. The van der Waals surface area contributed by atoms with Crippen molar-refractivity contribution in [2.75, 3.05) is 7.05 Å². The predicted molar refractivity (Wildman–Crippen MR) is 112 cm³/mol. The van der Waals surface area contributed by atoms with E-state index in [2.05, 4.69) is 20.9 Å². The molecule has 0 aliphatic heterocycles. The van der Waals surface area contributed by atoms with E-state index in [1.54, 1.807) is 18.2 Å². The van der Waals surface area contributed by atoms with Crippen molar-refractivity contribution in [1.29, 1.82) is 5.26 Å². The molecule has 0 atom stereocenters. The van der Waals surface area contributed by atoms with E-state index in [1.165, 1.54) is 6.33 Å². The largest absolute Gasteiger partial charge is 0.406 e. The van der Waals surface area contributed by atoms with Crippen molar-refractivity contribution in [3.8, 4) is 6.07 Å². The van der Waals surface area contributed by atoms with Crippen LogP contribution in [0.25, 0.3) is 21.9 Å². The van der Waals surface area contributed by atoms with Crippen molar-refractivity contribution in [3.05, 3.63) is 70.6 Å². The fourth-order valence-electron chi connectivity index (χ4n) is 3.78. The molecule has 9 heteroatoms. The molecule has 2 aromatic carbocycles. The van der Waals surface area contributed by atoms with Gasteiger partial charge >= 0.3 is 6.18 Å². The Bertz CT molecular complexity index is 1310. The minimum absolute atomic E-state index is 0.0125. The smallest absolute Gasteiger partial charge is 0.327 e. The standard InChI is InChI=1S/C22H17ClF3N5/c1-30(10-15-4-2-3-14(7-15)9-27)11-16-5-6-18-17(8-16)19-20(21(23)29-13-28-19)31(18)12-22(24,25)26/h2-8,13H,10-12H2,1H3. The molecule has 4 rings (SSSR count). The van der Waals surface area contributed by atoms with E-state index in [0.29, 0.717) is 35.1 Å². The van der Waals surface area contributed by atoms with Crippen molar-refractivity contribution in [2.24, 2.45) is 0 Å². The number of alkyl halides is 3. The summed E-state index contributed by atoms with van der Waals surface area (Å²) in [6.07, 6.45) is -3.15. The van der Waals surface area contributed by atoms with Crippen molar-refractivity contribution in [2.45, 2.75) is 25.8 Å². The normalized spacial score (nSPS) is 12.0. The molecular formula is C22H17ClF3N5. The van der Waals surface area contributed by atoms with Crippen LogP contribution in [0, 0.1) is 11.3 Å². The summed E-state index contributed by atoms with van der Waals surface area (Å²) in [4.78, 5) is 10.1. The highest BCUT2D eigenvalue weighted by Crippen LogP contribution is 2.34.